The topological polar surface area (TPSA) is 50.8 Å². The van der Waals surface area contributed by atoms with E-state index in [-0.39, 0.29) is 12.0 Å². The first kappa shape index (κ1) is 21.3. The first-order valence-electron chi connectivity index (χ1n) is 10.6. The van der Waals surface area contributed by atoms with E-state index in [1.165, 1.54) is 5.56 Å². The molecule has 1 unspecified atom stereocenters. The minimum atomic E-state index is -0.120. The van der Waals surface area contributed by atoms with Gasteiger partial charge in [-0.3, -0.25) is 9.69 Å². The van der Waals surface area contributed by atoms with E-state index in [9.17, 15) is 4.79 Å². The SMILES string of the molecule is CCN(CC)Cc1ccccc1CNC(=O)c1ccccc1OCC1CCCO1. The van der Waals surface area contributed by atoms with Crippen molar-refractivity contribution in [2.45, 2.75) is 45.9 Å². The van der Waals surface area contributed by atoms with Crippen LogP contribution in [0.15, 0.2) is 48.5 Å². The Hall–Kier alpha value is -2.37. The first-order valence-corrected chi connectivity index (χ1v) is 10.6. The van der Waals surface area contributed by atoms with E-state index in [1.807, 2.05) is 30.3 Å². The summed E-state index contributed by atoms with van der Waals surface area (Å²) in [7, 11) is 0. The number of amides is 1. The van der Waals surface area contributed by atoms with Crippen molar-refractivity contribution in [3.63, 3.8) is 0 Å². The monoisotopic (exact) mass is 396 g/mol. The maximum atomic E-state index is 12.8. The van der Waals surface area contributed by atoms with Crippen LogP contribution in [-0.4, -0.2) is 43.2 Å². The third kappa shape index (κ3) is 6.05. The van der Waals surface area contributed by atoms with E-state index in [0.29, 0.717) is 24.5 Å². The van der Waals surface area contributed by atoms with Gasteiger partial charge in [0.25, 0.3) is 5.91 Å². The summed E-state index contributed by atoms with van der Waals surface area (Å²) >= 11 is 0. The highest BCUT2D eigenvalue weighted by Crippen LogP contribution is 2.21. The molecular formula is C24H32N2O3. The van der Waals surface area contributed by atoms with Crippen LogP contribution in [0.3, 0.4) is 0 Å². The van der Waals surface area contributed by atoms with Gasteiger partial charge in [0, 0.05) is 19.7 Å². The van der Waals surface area contributed by atoms with Crippen LogP contribution in [0.1, 0.15) is 48.2 Å². The van der Waals surface area contributed by atoms with Gasteiger partial charge >= 0.3 is 0 Å². The van der Waals surface area contributed by atoms with Crippen LogP contribution in [0.2, 0.25) is 0 Å². The molecule has 1 aliphatic rings. The van der Waals surface area contributed by atoms with Crippen LogP contribution >= 0.6 is 0 Å². The van der Waals surface area contributed by atoms with Gasteiger partial charge in [-0.2, -0.15) is 0 Å². The van der Waals surface area contributed by atoms with Gasteiger partial charge in [-0.25, -0.2) is 0 Å². The van der Waals surface area contributed by atoms with Crippen molar-refractivity contribution >= 4 is 5.91 Å². The molecule has 0 radical (unpaired) electrons. The Bertz CT molecular complexity index is 783. The van der Waals surface area contributed by atoms with E-state index >= 15 is 0 Å². The molecule has 3 rings (SSSR count). The molecule has 156 valence electrons. The molecule has 0 saturated carbocycles. The number of hydrogen-bond acceptors (Lipinski definition) is 4. The second-order valence-corrected chi connectivity index (χ2v) is 7.35. The lowest BCUT2D eigenvalue weighted by molar-refractivity contribution is 0.0670. The minimum Gasteiger partial charge on any atom is -0.490 e. The molecule has 5 nitrogen and oxygen atoms in total. The maximum Gasteiger partial charge on any atom is 0.255 e. The fourth-order valence-electron chi connectivity index (χ4n) is 3.58. The van der Waals surface area contributed by atoms with Crippen LogP contribution in [0.5, 0.6) is 5.75 Å². The number of para-hydroxylation sites is 1. The zero-order chi connectivity index (χ0) is 20.5. The van der Waals surface area contributed by atoms with Crippen molar-refractivity contribution in [1.29, 1.82) is 0 Å². The second-order valence-electron chi connectivity index (χ2n) is 7.35. The lowest BCUT2D eigenvalue weighted by atomic mass is 10.1. The minimum absolute atomic E-state index is 0.120. The van der Waals surface area contributed by atoms with Crippen LogP contribution in [0, 0.1) is 0 Å². The summed E-state index contributed by atoms with van der Waals surface area (Å²) in [5, 5.41) is 3.06. The molecule has 29 heavy (non-hydrogen) atoms. The zero-order valence-electron chi connectivity index (χ0n) is 17.5. The average molecular weight is 397 g/mol. The molecule has 1 saturated heterocycles. The standard InChI is InChI=1S/C24H32N2O3/c1-3-26(4-2)17-20-11-6-5-10-19(20)16-25-24(27)22-13-7-8-14-23(22)29-18-21-12-9-15-28-21/h5-8,10-11,13-14,21H,3-4,9,12,15-18H2,1-2H3,(H,25,27). The summed E-state index contributed by atoms with van der Waals surface area (Å²) in [6, 6.07) is 15.7. The molecule has 1 atom stereocenters. The van der Waals surface area contributed by atoms with Gasteiger partial charge in [-0.05, 0) is 49.2 Å². The highest BCUT2D eigenvalue weighted by molar-refractivity contribution is 5.96. The number of hydrogen-bond donors (Lipinski definition) is 1. The summed E-state index contributed by atoms with van der Waals surface area (Å²) in [4.78, 5) is 15.2. The summed E-state index contributed by atoms with van der Waals surface area (Å²) in [5.41, 5.74) is 2.96. The normalized spacial score (nSPS) is 16.2. The number of carbonyl (C=O) groups is 1. The first-order chi connectivity index (χ1) is 14.2. The van der Waals surface area contributed by atoms with E-state index in [2.05, 4.69) is 42.3 Å². The van der Waals surface area contributed by atoms with Crippen molar-refractivity contribution in [3.05, 3.63) is 65.2 Å². The van der Waals surface area contributed by atoms with E-state index in [4.69, 9.17) is 9.47 Å². The second kappa shape index (κ2) is 11.0. The molecule has 2 aromatic carbocycles. The molecule has 1 aliphatic heterocycles. The van der Waals surface area contributed by atoms with Gasteiger partial charge in [-0.15, -0.1) is 0 Å². The van der Waals surface area contributed by atoms with Gasteiger partial charge in [-0.1, -0.05) is 50.2 Å². The summed E-state index contributed by atoms with van der Waals surface area (Å²) in [5.74, 6) is 0.488. The number of rotatable bonds is 10. The zero-order valence-corrected chi connectivity index (χ0v) is 17.5. The highest BCUT2D eigenvalue weighted by atomic mass is 16.5. The summed E-state index contributed by atoms with van der Waals surface area (Å²) < 4.78 is 11.5. The Kier molecular flexibility index (Phi) is 8.08. The predicted octanol–water partition coefficient (Wildman–Crippen LogP) is 4.02. The average Bonchev–Trinajstić information content (AvgIpc) is 3.29. The Morgan fingerprint density at radius 1 is 1.10 bits per heavy atom. The van der Waals surface area contributed by atoms with Crippen LogP contribution in [-0.2, 0) is 17.8 Å². The third-order valence-electron chi connectivity index (χ3n) is 5.43. The maximum absolute atomic E-state index is 12.8. The number of benzene rings is 2. The molecule has 5 heteroatoms. The smallest absolute Gasteiger partial charge is 0.255 e. The van der Waals surface area contributed by atoms with Gasteiger partial charge in [0.05, 0.1) is 11.7 Å². The van der Waals surface area contributed by atoms with E-state index in [1.54, 1.807) is 0 Å². The van der Waals surface area contributed by atoms with Crippen molar-refractivity contribution in [2.24, 2.45) is 0 Å². The van der Waals surface area contributed by atoms with Crippen molar-refractivity contribution in [3.8, 4) is 5.75 Å². The van der Waals surface area contributed by atoms with Crippen LogP contribution in [0.25, 0.3) is 0 Å². The van der Waals surface area contributed by atoms with Gasteiger partial charge < -0.3 is 14.8 Å². The molecule has 1 heterocycles. The number of carbonyl (C=O) groups excluding carboxylic acids is 1. The summed E-state index contributed by atoms with van der Waals surface area (Å²) in [6.07, 6.45) is 2.21. The third-order valence-corrected chi connectivity index (χ3v) is 5.43. The number of ether oxygens (including phenoxy) is 2. The molecule has 0 aromatic heterocycles. The lowest BCUT2D eigenvalue weighted by Crippen LogP contribution is -2.26. The number of nitrogens with one attached hydrogen (secondary N) is 1. The molecule has 2 aromatic rings. The fraction of sp³-hybridized carbons (Fsp3) is 0.458. The Balaban J connectivity index is 1.62. The molecule has 1 N–H and O–H groups in total. The Morgan fingerprint density at radius 2 is 1.83 bits per heavy atom. The van der Waals surface area contributed by atoms with Crippen LogP contribution < -0.4 is 10.1 Å². The molecule has 0 spiro atoms. The van der Waals surface area contributed by atoms with E-state index in [0.717, 1.165) is 44.6 Å². The van der Waals surface area contributed by atoms with E-state index < -0.39 is 0 Å². The van der Waals surface area contributed by atoms with Gasteiger partial charge in [0.2, 0.25) is 0 Å². The molecule has 0 aliphatic carbocycles. The fourth-order valence-corrected chi connectivity index (χ4v) is 3.58. The van der Waals surface area contributed by atoms with Gasteiger partial charge in [0.15, 0.2) is 0 Å². The Morgan fingerprint density at radius 3 is 2.55 bits per heavy atom. The quantitative estimate of drug-likeness (QED) is 0.659. The molecular weight excluding hydrogens is 364 g/mol. The van der Waals surface area contributed by atoms with Gasteiger partial charge in [0.1, 0.15) is 12.4 Å². The predicted molar refractivity (Wildman–Crippen MR) is 115 cm³/mol. The molecule has 1 amide bonds. The largest absolute Gasteiger partial charge is 0.490 e. The lowest BCUT2D eigenvalue weighted by Gasteiger charge is -2.20. The van der Waals surface area contributed by atoms with Crippen LogP contribution in [0.4, 0.5) is 0 Å². The number of nitrogens with zero attached hydrogens (tertiary/aromatic N) is 1. The van der Waals surface area contributed by atoms with Crippen molar-refractivity contribution < 1.29 is 14.3 Å². The van der Waals surface area contributed by atoms with Crippen molar-refractivity contribution in [2.75, 3.05) is 26.3 Å². The Labute approximate surface area is 174 Å². The summed E-state index contributed by atoms with van der Waals surface area (Å²) in [6.45, 7) is 9.01. The highest BCUT2D eigenvalue weighted by Gasteiger charge is 2.18. The van der Waals surface area contributed by atoms with Crippen molar-refractivity contribution in [1.82, 2.24) is 10.2 Å². The molecule has 0 bridgehead atoms. The molecule has 1 fully saturated rings.